The smallest absolute Gasteiger partial charge is 0.318 e. The van der Waals surface area contributed by atoms with Crippen molar-refractivity contribution in [1.82, 2.24) is 15.5 Å². The fourth-order valence-corrected chi connectivity index (χ4v) is 2.56. The van der Waals surface area contributed by atoms with E-state index in [1.54, 1.807) is 0 Å². The van der Waals surface area contributed by atoms with Crippen LogP contribution < -0.4 is 16.4 Å². The summed E-state index contributed by atoms with van der Waals surface area (Å²) < 4.78 is 0. The van der Waals surface area contributed by atoms with Gasteiger partial charge in [0.15, 0.2) is 0 Å². The fraction of sp³-hybridized carbons (Fsp3) is 0.846. The molecule has 1 saturated heterocycles. The lowest BCUT2D eigenvalue weighted by molar-refractivity contribution is -0.125. The van der Waals surface area contributed by atoms with Crippen molar-refractivity contribution < 1.29 is 9.59 Å². The van der Waals surface area contributed by atoms with E-state index in [4.69, 9.17) is 5.73 Å². The molecular weight excluding hydrogens is 244 g/mol. The maximum Gasteiger partial charge on any atom is 0.318 e. The topological polar surface area (TPSA) is 87.5 Å². The second-order valence-electron chi connectivity index (χ2n) is 5.51. The van der Waals surface area contributed by atoms with Crippen LogP contribution in [0, 0.1) is 5.92 Å². The molecule has 0 bridgehead atoms. The molecule has 0 aromatic heterocycles. The number of carbonyl (C=O) groups excluding carboxylic acids is 2. The Bertz CT molecular complexity index is 314. The van der Waals surface area contributed by atoms with Gasteiger partial charge in [-0.05, 0) is 52.6 Å². The normalized spacial score (nSPS) is 18.6. The van der Waals surface area contributed by atoms with Crippen molar-refractivity contribution in [3.05, 3.63) is 0 Å². The number of urea groups is 1. The highest BCUT2D eigenvalue weighted by Crippen LogP contribution is 2.17. The van der Waals surface area contributed by atoms with Crippen molar-refractivity contribution in [3.8, 4) is 0 Å². The minimum atomic E-state index is -0.789. The van der Waals surface area contributed by atoms with Crippen LogP contribution in [0.25, 0.3) is 0 Å². The van der Waals surface area contributed by atoms with Gasteiger partial charge in [-0.3, -0.25) is 15.0 Å². The number of nitrogens with two attached hydrogens (primary N) is 1. The Balaban J connectivity index is 2.59. The van der Waals surface area contributed by atoms with Gasteiger partial charge in [-0.2, -0.15) is 0 Å². The lowest BCUT2D eigenvalue weighted by Crippen LogP contribution is -2.52. The predicted molar refractivity (Wildman–Crippen MR) is 74.6 cm³/mol. The second kappa shape index (κ2) is 7.45. The molecule has 19 heavy (non-hydrogen) atoms. The highest BCUT2D eigenvalue weighted by molar-refractivity contribution is 5.96. The predicted octanol–water partition coefficient (Wildman–Crippen LogP) is 0.280. The van der Waals surface area contributed by atoms with Crippen LogP contribution in [0.15, 0.2) is 0 Å². The first-order valence-electron chi connectivity index (χ1n) is 6.98. The van der Waals surface area contributed by atoms with Crippen LogP contribution in [0.3, 0.4) is 0 Å². The standard InChI is InChI=1S/C13H26N4O2/c1-9(2)17(8-11-4-6-15-7-5-11)10(3)12(18)16-13(14)19/h9-11,15H,4-8H2,1-3H3,(H3,14,16,18,19). The van der Waals surface area contributed by atoms with Crippen molar-refractivity contribution in [2.24, 2.45) is 11.7 Å². The number of nitrogens with one attached hydrogen (secondary N) is 2. The number of nitrogens with zero attached hydrogens (tertiary/aromatic N) is 1. The summed E-state index contributed by atoms with van der Waals surface area (Å²) in [5.74, 6) is 0.280. The largest absolute Gasteiger partial charge is 0.351 e. The molecule has 1 unspecified atom stereocenters. The summed E-state index contributed by atoms with van der Waals surface area (Å²) >= 11 is 0. The molecule has 3 amide bonds. The van der Waals surface area contributed by atoms with Crippen LogP contribution in [0.1, 0.15) is 33.6 Å². The molecule has 6 heteroatoms. The molecule has 0 aromatic rings. The Morgan fingerprint density at radius 1 is 1.32 bits per heavy atom. The van der Waals surface area contributed by atoms with Crippen molar-refractivity contribution in [2.75, 3.05) is 19.6 Å². The van der Waals surface area contributed by atoms with Gasteiger partial charge in [0.2, 0.25) is 5.91 Å². The minimum Gasteiger partial charge on any atom is -0.351 e. The molecule has 1 fully saturated rings. The van der Waals surface area contributed by atoms with Crippen molar-refractivity contribution in [2.45, 2.75) is 45.7 Å². The van der Waals surface area contributed by atoms with E-state index in [0.717, 1.165) is 32.5 Å². The zero-order valence-corrected chi connectivity index (χ0v) is 12.1. The van der Waals surface area contributed by atoms with Gasteiger partial charge < -0.3 is 11.1 Å². The van der Waals surface area contributed by atoms with E-state index in [1.807, 2.05) is 6.92 Å². The van der Waals surface area contributed by atoms with E-state index in [-0.39, 0.29) is 18.0 Å². The maximum absolute atomic E-state index is 11.9. The number of hydrogen-bond donors (Lipinski definition) is 3. The Morgan fingerprint density at radius 3 is 2.37 bits per heavy atom. The van der Waals surface area contributed by atoms with Crippen LogP contribution in [-0.4, -0.2) is 48.6 Å². The molecule has 1 atom stereocenters. The van der Waals surface area contributed by atoms with Gasteiger partial charge in [0.25, 0.3) is 0 Å². The quantitative estimate of drug-likeness (QED) is 0.669. The molecule has 1 heterocycles. The van der Waals surface area contributed by atoms with Crippen LogP contribution in [0.4, 0.5) is 4.79 Å². The molecule has 0 radical (unpaired) electrons. The zero-order chi connectivity index (χ0) is 14.4. The molecule has 0 spiro atoms. The summed E-state index contributed by atoms with van der Waals surface area (Å²) in [6, 6.07) is -0.881. The highest BCUT2D eigenvalue weighted by Gasteiger charge is 2.27. The lowest BCUT2D eigenvalue weighted by Gasteiger charge is -2.36. The average Bonchev–Trinajstić information content (AvgIpc) is 2.35. The first-order chi connectivity index (χ1) is 8.91. The number of amides is 3. The monoisotopic (exact) mass is 270 g/mol. The Kier molecular flexibility index (Phi) is 6.24. The molecule has 4 N–H and O–H groups in total. The van der Waals surface area contributed by atoms with Crippen LogP contribution in [-0.2, 0) is 4.79 Å². The molecule has 6 nitrogen and oxygen atoms in total. The molecular formula is C13H26N4O2. The van der Waals surface area contributed by atoms with E-state index in [0.29, 0.717) is 5.92 Å². The van der Waals surface area contributed by atoms with Gasteiger partial charge in [-0.15, -0.1) is 0 Å². The molecule has 1 aliphatic heterocycles. The van der Waals surface area contributed by atoms with Crippen molar-refractivity contribution in [1.29, 1.82) is 0 Å². The Morgan fingerprint density at radius 2 is 1.89 bits per heavy atom. The molecule has 0 saturated carbocycles. The minimum absolute atomic E-state index is 0.253. The van der Waals surface area contributed by atoms with Gasteiger partial charge in [0.05, 0.1) is 6.04 Å². The number of hydrogen-bond acceptors (Lipinski definition) is 4. The number of carbonyl (C=O) groups is 2. The van der Waals surface area contributed by atoms with Gasteiger partial charge in [0.1, 0.15) is 0 Å². The van der Waals surface area contributed by atoms with E-state index in [2.05, 4.69) is 29.4 Å². The van der Waals surface area contributed by atoms with E-state index in [1.165, 1.54) is 0 Å². The maximum atomic E-state index is 11.9. The summed E-state index contributed by atoms with van der Waals surface area (Å²) in [5, 5.41) is 5.50. The highest BCUT2D eigenvalue weighted by atomic mass is 16.2. The van der Waals surface area contributed by atoms with Crippen molar-refractivity contribution >= 4 is 11.9 Å². The lowest BCUT2D eigenvalue weighted by atomic mass is 9.96. The van der Waals surface area contributed by atoms with Gasteiger partial charge in [-0.1, -0.05) is 0 Å². The molecule has 0 aliphatic carbocycles. The van der Waals surface area contributed by atoms with E-state index in [9.17, 15) is 9.59 Å². The van der Waals surface area contributed by atoms with Gasteiger partial charge in [-0.25, -0.2) is 4.79 Å². The van der Waals surface area contributed by atoms with Gasteiger partial charge in [0, 0.05) is 12.6 Å². The summed E-state index contributed by atoms with van der Waals surface area (Å²) in [6.07, 6.45) is 2.26. The Labute approximate surface area is 115 Å². The number of primary amides is 1. The summed E-state index contributed by atoms with van der Waals surface area (Å²) in [6.45, 7) is 8.91. The number of piperidine rings is 1. The fourth-order valence-electron chi connectivity index (χ4n) is 2.56. The van der Waals surface area contributed by atoms with Crippen LogP contribution in [0.2, 0.25) is 0 Å². The van der Waals surface area contributed by atoms with E-state index >= 15 is 0 Å². The van der Waals surface area contributed by atoms with Crippen LogP contribution >= 0.6 is 0 Å². The van der Waals surface area contributed by atoms with Gasteiger partial charge >= 0.3 is 6.03 Å². The SMILES string of the molecule is CC(C)N(CC1CCNCC1)C(C)C(=O)NC(N)=O. The first-order valence-corrected chi connectivity index (χ1v) is 6.98. The van der Waals surface area contributed by atoms with Crippen LogP contribution in [0.5, 0.6) is 0 Å². The third kappa shape index (κ3) is 5.16. The summed E-state index contributed by atoms with van der Waals surface area (Å²) in [5.41, 5.74) is 4.99. The third-order valence-electron chi connectivity index (χ3n) is 3.71. The second-order valence-corrected chi connectivity index (χ2v) is 5.51. The zero-order valence-electron chi connectivity index (χ0n) is 12.1. The van der Waals surface area contributed by atoms with Crippen molar-refractivity contribution in [3.63, 3.8) is 0 Å². The average molecular weight is 270 g/mol. The molecule has 0 aromatic carbocycles. The van der Waals surface area contributed by atoms with E-state index < -0.39 is 6.03 Å². The molecule has 1 rings (SSSR count). The summed E-state index contributed by atoms with van der Waals surface area (Å²) in [7, 11) is 0. The number of imide groups is 1. The first kappa shape index (κ1) is 15.9. The molecule has 1 aliphatic rings. The Hall–Kier alpha value is -1.14. The summed E-state index contributed by atoms with van der Waals surface area (Å²) in [4.78, 5) is 24.8. The number of rotatable bonds is 5. The molecule has 110 valence electrons. The third-order valence-corrected chi connectivity index (χ3v) is 3.71.